The summed E-state index contributed by atoms with van der Waals surface area (Å²) in [5.41, 5.74) is 6.98. The molecule has 0 aliphatic heterocycles. The maximum Gasteiger partial charge on any atom is 0.340 e. The molecule has 3 N–H and O–H groups in total. The van der Waals surface area contributed by atoms with E-state index in [1.54, 1.807) is 19.1 Å². The van der Waals surface area contributed by atoms with Gasteiger partial charge < -0.3 is 20.5 Å². The number of ether oxygens (including phenoxy) is 1. The van der Waals surface area contributed by atoms with Crippen LogP contribution in [0.5, 0.6) is 0 Å². The normalized spacial score (nSPS) is 11.2. The molecule has 0 amide bonds. The van der Waals surface area contributed by atoms with E-state index in [9.17, 15) is 9.90 Å². The van der Waals surface area contributed by atoms with Crippen molar-refractivity contribution in [3.8, 4) is 0 Å². The maximum absolute atomic E-state index is 11.8. The third kappa shape index (κ3) is 3.17. The van der Waals surface area contributed by atoms with Gasteiger partial charge in [0, 0.05) is 7.05 Å². The van der Waals surface area contributed by atoms with Crippen molar-refractivity contribution in [2.45, 2.75) is 26.3 Å². The molecule has 0 aliphatic carbocycles. The highest BCUT2D eigenvalue weighted by Gasteiger charge is 2.25. The van der Waals surface area contributed by atoms with Crippen molar-refractivity contribution < 1.29 is 14.6 Å². The Balaban J connectivity index is 3.18. The summed E-state index contributed by atoms with van der Waals surface area (Å²) in [6, 6.07) is 5.20. The van der Waals surface area contributed by atoms with E-state index in [2.05, 4.69) is 0 Å². The molecule has 19 heavy (non-hydrogen) atoms. The first-order valence-electron chi connectivity index (χ1n) is 6.25. The molecule has 0 saturated carbocycles. The highest BCUT2D eigenvalue weighted by Crippen LogP contribution is 2.30. The Bertz CT molecular complexity index is 458. The van der Waals surface area contributed by atoms with Crippen LogP contribution in [0, 0.1) is 0 Å². The Hall–Kier alpha value is -1.75. The maximum atomic E-state index is 11.8. The lowest BCUT2D eigenvalue weighted by molar-refractivity contribution is 0.0527. The van der Waals surface area contributed by atoms with Gasteiger partial charge in [-0.2, -0.15) is 0 Å². The van der Waals surface area contributed by atoms with Gasteiger partial charge in [-0.1, -0.05) is 6.07 Å². The van der Waals surface area contributed by atoms with Crippen LogP contribution in [0.25, 0.3) is 0 Å². The van der Waals surface area contributed by atoms with Gasteiger partial charge in [0.15, 0.2) is 0 Å². The topological polar surface area (TPSA) is 75.8 Å². The number of nitrogens with zero attached hydrogens (tertiary/aromatic N) is 1. The molecule has 0 bridgehead atoms. The number of likely N-dealkylation sites (N-methyl/N-ethyl adjacent to an activating group) is 1. The van der Waals surface area contributed by atoms with E-state index < -0.39 is 11.5 Å². The number of nitrogens with two attached hydrogens (primary N) is 1. The lowest BCUT2D eigenvalue weighted by Gasteiger charge is -2.36. The molecule has 0 saturated heterocycles. The summed E-state index contributed by atoms with van der Waals surface area (Å²) in [4.78, 5) is 13.6. The summed E-state index contributed by atoms with van der Waals surface area (Å²) < 4.78 is 4.97. The molecule has 5 nitrogen and oxygen atoms in total. The first kappa shape index (κ1) is 15.3. The summed E-state index contributed by atoms with van der Waals surface area (Å²) >= 11 is 0. The van der Waals surface area contributed by atoms with Gasteiger partial charge in [0.25, 0.3) is 0 Å². The van der Waals surface area contributed by atoms with Crippen LogP contribution in [-0.2, 0) is 4.74 Å². The quantitative estimate of drug-likeness (QED) is 0.626. The number of hydrogen-bond donors (Lipinski definition) is 2. The van der Waals surface area contributed by atoms with Gasteiger partial charge in [-0.25, -0.2) is 4.79 Å². The number of esters is 1. The fraction of sp³-hybridized carbons (Fsp3) is 0.500. The van der Waals surface area contributed by atoms with Crippen LogP contribution in [0.4, 0.5) is 11.4 Å². The van der Waals surface area contributed by atoms with Crippen LogP contribution in [0.2, 0.25) is 0 Å². The minimum absolute atomic E-state index is 0.0213. The zero-order valence-corrected chi connectivity index (χ0v) is 11.9. The number of carbonyl (C=O) groups excluding carboxylic acids is 1. The Morgan fingerprint density at radius 1 is 1.47 bits per heavy atom. The number of benzene rings is 1. The van der Waals surface area contributed by atoms with E-state index in [1.165, 1.54) is 0 Å². The lowest BCUT2D eigenvalue weighted by Crippen LogP contribution is -2.44. The second kappa shape index (κ2) is 5.93. The zero-order valence-electron chi connectivity index (χ0n) is 11.9. The van der Waals surface area contributed by atoms with Gasteiger partial charge in [-0.05, 0) is 32.9 Å². The molecule has 0 unspecified atom stereocenters. The minimum Gasteiger partial charge on any atom is -0.462 e. The largest absolute Gasteiger partial charge is 0.462 e. The summed E-state index contributed by atoms with van der Waals surface area (Å²) in [5, 5.41) is 9.41. The van der Waals surface area contributed by atoms with Crippen molar-refractivity contribution >= 4 is 17.3 Å². The molecular weight excluding hydrogens is 244 g/mol. The number of nitrogen functional groups attached to an aromatic ring is 1. The fourth-order valence-corrected chi connectivity index (χ4v) is 1.66. The molecule has 5 heteroatoms. The average Bonchev–Trinajstić information content (AvgIpc) is 2.38. The smallest absolute Gasteiger partial charge is 0.340 e. The first-order valence-corrected chi connectivity index (χ1v) is 6.25. The van der Waals surface area contributed by atoms with Crippen LogP contribution >= 0.6 is 0 Å². The van der Waals surface area contributed by atoms with Crippen molar-refractivity contribution in [1.82, 2.24) is 0 Å². The molecule has 1 rings (SSSR count). The van der Waals surface area contributed by atoms with Crippen LogP contribution in [-0.4, -0.2) is 36.9 Å². The highest BCUT2D eigenvalue weighted by atomic mass is 16.5. The monoisotopic (exact) mass is 266 g/mol. The molecule has 1 aromatic carbocycles. The second-order valence-corrected chi connectivity index (χ2v) is 4.99. The van der Waals surface area contributed by atoms with E-state index in [1.807, 2.05) is 31.9 Å². The van der Waals surface area contributed by atoms with E-state index in [-0.39, 0.29) is 6.61 Å². The van der Waals surface area contributed by atoms with Crippen molar-refractivity contribution in [2.75, 3.05) is 30.9 Å². The van der Waals surface area contributed by atoms with Gasteiger partial charge >= 0.3 is 5.97 Å². The number of aliphatic hydroxyl groups is 1. The predicted molar refractivity (Wildman–Crippen MR) is 76.4 cm³/mol. The number of anilines is 2. The molecule has 0 fully saturated rings. The lowest BCUT2D eigenvalue weighted by atomic mass is 10.0. The highest BCUT2D eigenvalue weighted by molar-refractivity contribution is 5.98. The third-order valence-electron chi connectivity index (χ3n) is 3.23. The van der Waals surface area contributed by atoms with Gasteiger partial charge in [-0.3, -0.25) is 0 Å². The molecular formula is C14H22N2O3. The number of para-hydroxylation sites is 1. The number of aliphatic hydroxyl groups excluding tert-OH is 1. The first-order chi connectivity index (χ1) is 8.85. The summed E-state index contributed by atoms with van der Waals surface area (Å²) in [6.45, 7) is 5.82. The average molecular weight is 266 g/mol. The van der Waals surface area contributed by atoms with Crippen LogP contribution in [0.1, 0.15) is 31.1 Å². The van der Waals surface area contributed by atoms with E-state index in [0.717, 1.165) is 0 Å². The SMILES string of the molecule is CCOC(=O)c1cccc(N(C)C(C)(C)CO)c1N. The van der Waals surface area contributed by atoms with Crippen molar-refractivity contribution in [3.63, 3.8) is 0 Å². The van der Waals surface area contributed by atoms with Gasteiger partial charge in [0.2, 0.25) is 0 Å². The molecule has 1 aromatic rings. The van der Waals surface area contributed by atoms with Crippen molar-refractivity contribution in [3.05, 3.63) is 23.8 Å². The third-order valence-corrected chi connectivity index (χ3v) is 3.23. The molecule has 0 radical (unpaired) electrons. The van der Waals surface area contributed by atoms with Gasteiger partial charge in [-0.15, -0.1) is 0 Å². The summed E-state index contributed by atoms with van der Waals surface area (Å²) in [7, 11) is 1.83. The second-order valence-electron chi connectivity index (χ2n) is 4.99. The summed E-state index contributed by atoms with van der Waals surface area (Å²) in [5.74, 6) is -0.433. The molecule has 0 atom stereocenters. The van der Waals surface area contributed by atoms with Gasteiger partial charge in [0.1, 0.15) is 0 Å². The summed E-state index contributed by atoms with van der Waals surface area (Å²) in [6.07, 6.45) is 0. The van der Waals surface area contributed by atoms with Crippen LogP contribution in [0.15, 0.2) is 18.2 Å². The van der Waals surface area contributed by atoms with E-state index in [4.69, 9.17) is 10.5 Å². The molecule has 0 heterocycles. The Morgan fingerprint density at radius 2 is 2.11 bits per heavy atom. The fourth-order valence-electron chi connectivity index (χ4n) is 1.66. The zero-order chi connectivity index (χ0) is 14.6. The van der Waals surface area contributed by atoms with Gasteiger partial charge in [0.05, 0.1) is 35.7 Å². The standard InChI is InChI=1S/C14H22N2O3/c1-5-19-13(18)10-7-6-8-11(12(10)15)16(4)14(2,3)9-17/h6-8,17H,5,9,15H2,1-4H3. The molecule has 0 spiro atoms. The molecule has 0 aromatic heterocycles. The van der Waals surface area contributed by atoms with Crippen molar-refractivity contribution in [1.29, 1.82) is 0 Å². The Labute approximate surface area is 114 Å². The Morgan fingerprint density at radius 3 is 2.63 bits per heavy atom. The van der Waals surface area contributed by atoms with E-state index in [0.29, 0.717) is 23.5 Å². The Kier molecular flexibility index (Phi) is 4.78. The number of rotatable bonds is 5. The molecule has 106 valence electrons. The number of carbonyl (C=O) groups is 1. The van der Waals surface area contributed by atoms with E-state index >= 15 is 0 Å². The molecule has 0 aliphatic rings. The van der Waals surface area contributed by atoms with Crippen LogP contribution < -0.4 is 10.6 Å². The van der Waals surface area contributed by atoms with Crippen LogP contribution in [0.3, 0.4) is 0 Å². The number of hydrogen-bond acceptors (Lipinski definition) is 5. The minimum atomic E-state index is -0.471. The predicted octanol–water partition coefficient (Wildman–Crippen LogP) is 1.65. The van der Waals surface area contributed by atoms with Crippen molar-refractivity contribution in [2.24, 2.45) is 0 Å².